The molecule has 0 aliphatic carbocycles. The molecule has 2 aromatic rings. The van der Waals surface area contributed by atoms with Gasteiger partial charge in [0.2, 0.25) is 0 Å². The van der Waals surface area contributed by atoms with Gasteiger partial charge in [0.25, 0.3) is 5.91 Å². The number of hydrogen-bond donors (Lipinski definition) is 0. The zero-order chi connectivity index (χ0) is 19.2. The van der Waals surface area contributed by atoms with E-state index in [-0.39, 0.29) is 12.5 Å². The lowest BCUT2D eigenvalue weighted by molar-refractivity contribution is -0.114. The molecule has 0 fully saturated rings. The second-order valence-corrected chi connectivity index (χ2v) is 6.97. The first-order valence-corrected chi connectivity index (χ1v) is 9.37. The number of aryl methyl sites for hydroxylation is 1. The summed E-state index contributed by atoms with van der Waals surface area (Å²) in [7, 11) is 1.54. The number of anilines is 1. The van der Waals surface area contributed by atoms with Crippen molar-refractivity contribution in [2.24, 2.45) is 0 Å². The molecule has 0 spiro atoms. The topological polar surface area (TPSA) is 62.6 Å². The van der Waals surface area contributed by atoms with Crippen LogP contribution in [-0.4, -0.2) is 26.2 Å². The Bertz CT molecular complexity index is 918. The number of amides is 1. The van der Waals surface area contributed by atoms with Crippen molar-refractivity contribution in [2.45, 2.75) is 12.8 Å². The number of carbonyl (C=O) groups is 1. The van der Waals surface area contributed by atoms with Gasteiger partial charge in [-0.3, -0.25) is 4.79 Å². The third-order valence-corrected chi connectivity index (χ3v) is 4.82. The molecule has 2 aromatic carbocycles. The molecule has 27 heavy (non-hydrogen) atoms. The zero-order valence-corrected chi connectivity index (χ0v) is 16.5. The van der Waals surface area contributed by atoms with Crippen molar-refractivity contribution >= 4 is 33.6 Å². The van der Waals surface area contributed by atoms with Crippen LogP contribution in [0.1, 0.15) is 17.5 Å². The molecule has 0 bridgehead atoms. The van der Waals surface area contributed by atoms with Crippen LogP contribution in [0.25, 0.3) is 6.08 Å². The quantitative estimate of drug-likeness (QED) is 0.666. The normalized spacial score (nSPS) is 13.1. The summed E-state index contributed by atoms with van der Waals surface area (Å²) in [5, 5.41) is 8.63. The molecule has 3 rings (SSSR count). The number of fused-ring (bicyclic) bond motifs is 1. The SMILES string of the molecule is COc1cc(/C=C/C(=O)N2CCCc3cc(Br)ccc32)ccc1OCC#N. The van der Waals surface area contributed by atoms with Crippen molar-refractivity contribution in [2.75, 3.05) is 25.2 Å². The van der Waals surface area contributed by atoms with Crippen molar-refractivity contribution in [3.05, 3.63) is 58.1 Å². The minimum atomic E-state index is -0.0537. The summed E-state index contributed by atoms with van der Waals surface area (Å²) in [5.74, 6) is 0.966. The molecule has 0 unspecified atom stereocenters. The average molecular weight is 427 g/mol. The van der Waals surface area contributed by atoms with E-state index in [4.69, 9.17) is 14.7 Å². The first kappa shape index (κ1) is 19.0. The van der Waals surface area contributed by atoms with Crippen LogP contribution in [0.2, 0.25) is 0 Å². The monoisotopic (exact) mass is 426 g/mol. The van der Waals surface area contributed by atoms with E-state index in [0.29, 0.717) is 18.0 Å². The molecule has 1 amide bonds. The molecule has 6 heteroatoms. The molecule has 0 radical (unpaired) electrons. The predicted molar refractivity (Wildman–Crippen MR) is 108 cm³/mol. The van der Waals surface area contributed by atoms with E-state index in [1.807, 2.05) is 29.2 Å². The highest BCUT2D eigenvalue weighted by atomic mass is 79.9. The fourth-order valence-corrected chi connectivity index (χ4v) is 3.48. The summed E-state index contributed by atoms with van der Waals surface area (Å²) in [5.41, 5.74) is 2.97. The molecular weight excluding hydrogens is 408 g/mol. The lowest BCUT2D eigenvalue weighted by Crippen LogP contribution is -2.34. The number of benzene rings is 2. The van der Waals surface area contributed by atoms with Crippen LogP contribution in [0.4, 0.5) is 5.69 Å². The summed E-state index contributed by atoms with van der Waals surface area (Å²) in [6.45, 7) is 0.663. The highest BCUT2D eigenvalue weighted by Gasteiger charge is 2.21. The van der Waals surface area contributed by atoms with Gasteiger partial charge in [0.1, 0.15) is 6.07 Å². The standard InChI is InChI=1S/C21H19BrN2O3/c1-26-20-13-15(4-8-19(20)27-12-10-23)5-9-21(25)24-11-2-3-16-14-17(22)6-7-18(16)24/h4-9,13-14H,2-3,11-12H2,1H3/b9-5+. The maximum Gasteiger partial charge on any atom is 0.250 e. The van der Waals surface area contributed by atoms with Gasteiger partial charge >= 0.3 is 0 Å². The van der Waals surface area contributed by atoms with Crippen molar-refractivity contribution in [1.82, 2.24) is 0 Å². The van der Waals surface area contributed by atoms with Crippen molar-refractivity contribution < 1.29 is 14.3 Å². The van der Waals surface area contributed by atoms with Crippen LogP contribution in [0.5, 0.6) is 11.5 Å². The number of nitrogens with zero attached hydrogens (tertiary/aromatic N) is 2. The van der Waals surface area contributed by atoms with Gasteiger partial charge in [-0.1, -0.05) is 22.0 Å². The fraction of sp³-hybridized carbons (Fsp3) is 0.238. The maximum atomic E-state index is 12.7. The van der Waals surface area contributed by atoms with E-state index in [9.17, 15) is 4.79 Å². The highest BCUT2D eigenvalue weighted by Crippen LogP contribution is 2.31. The molecule has 0 saturated carbocycles. The number of carbonyl (C=O) groups excluding carboxylic acids is 1. The second-order valence-electron chi connectivity index (χ2n) is 6.06. The van der Waals surface area contributed by atoms with Gasteiger partial charge < -0.3 is 14.4 Å². The van der Waals surface area contributed by atoms with E-state index in [1.165, 1.54) is 12.7 Å². The van der Waals surface area contributed by atoms with Gasteiger partial charge in [-0.15, -0.1) is 0 Å². The molecule has 0 N–H and O–H groups in total. The van der Waals surface area contributed by atoms with Crippen LogP contribution in [0, 0.1) is 11.3 Å². The minimum absolute atomic E-state index is 0.0471. The summed E-state index contributed by atoms with van der Waals surface area (Å²) < 4.78 is 11.6. The molecule has 1 aliphatic heterocycles. The molecule has 0 aromatic heterocycles. The van der Waals surface area contributed by atoms with Gasteiger partial charge in [-0.05, 0) is 60.4 Å². The Morgan fingerprint density at radius 2 is 2.15 bits per heavy atom. The smallest absolute Gasteiger partial charge is 0.250 e. The molecule has 1 aliphatic rings. The Balaban J connectivity index is 1.77. The van der Waals surface area contributed by atoms with E-state index in [0.717, 1.165) is 28.6 Å². The molecule has 5 nitrogen and oxygen atoms in total. The van der Waals surface area contributed by atoms with E-state index in [1.54, 1.807) is 24.3 Å². The lowest BCUT2D eigenvalue weighted by Gasteiger charge is -2.28. The van der Waals surface area contributed by atoms with E-state index < -0.39 is 0 Å². The van der Waals surface area contributed by atoms with Gasteiger partial charge in [-0.25, -0.2) is 0 Å². The van der Waals surface area contributed by atoms with E-state index in [2.05, 4.69) is 22.0 Å². The third-order valence-electron chi connectivity index (χ3n) is 4.32. The summed E-state index contributed by atoms with van der Waals surface area (Å²) in [4.78, 5) is 14.5. The van der Waals surface area contributed by atoms with Gasteiger partial charge in [-0.2, -0.15) is 5.26 Å². The van der Waals surface area contributed by atoms with Crippen molar-refractivity contribution in [3.63, 3.8) is 0 Å². The minimum Gasteiger partial charge on any atom is -0.493 e. The Labute approximate surface area is 166 Å². The molecule has 138 valence electrons. The second kappa shape index (κ2) is 8.74. The van der Waals surface area contributed by atoms with Crippen LogP contribution in [0.15, 0.2) is 46.9 Å². The average Bonchev–Trinajstić information content (AvgIpc) is 2.69. The number of hydrogen-bond acceptors (Lipinski definition) is 4. The zero-order valence-electron chi connectivity index (χ0n) is 14.9. The number of methoxy groups -OCH3 is 1. The van der Waals surface area contributed by atoms with E-state index >= 15 is 0 Å². The first-order valence-electron chi connectivity index (χ1n) is 8.58. The number of ether oxygens (including phenoxy) is 2. The Morgan fingerprint density at radius 1 is 1.30 bits per heavy atom. The summed E-state index contributed by atoms with van der Waals surface area (Å²) >= 11 is 3.49. The maximum absolute atomic E-state index is 12.7. The first-order chi connectivity index (χ1) is 13.1. The van der Waals surface area contributed by atoms with Gasteiger partial charge in [0.15, 0.2) is 18.1 Å². The highest BCUT2D eigenvalue weighted by molar-refractivity contribution is 9.10. The Morgan fingerprint density at radius 3 is 2.93 bits per heavy atom. The van der Waals surface area contributed by atoms with Crippen LogP contribution >= 0.6 is 15.9 Å². The van der Waals surface area contributed by atoms with Crippen LogP contribution in [0.3, 0.4) is 0 Å². The summed E-state index contributed by atoms with van der Waals surface area (Å²) in [6.07, 6.45) is 5.25. The molecule has 0 saturated heterocycles. The van der Waals surface area contributed by atoms with Gasteiger partial charge in [0.05, 0.1) is 7.11 Å². The largest absolute Gasteiger partial charge is 0.493 e. The Kier molecular flexibility index (Phi) is 6.15. The number of rotatable bonds is 5. The number of nitriles is 1. The Hall–Kier alpha value is -2.78. The molecule has 0 atom stereocenters. The van der Waals surface area contributed by atoms with Crippen LogP contribution < -0.4 is 14.4 Å². The molecule has 1 heterocycles. The summed E-state index contributed by atoms with van der Waals surface area (Å²) in [6, 6.07) is 13.3. The molecular formula is C21H19BrN2O3. The third kappa shape index (κ3) is 4.50. The van der Waals surface area contributed by atoms with Crippen molar-refractivity contribution in [3.8, 4) is 17.6 Å². The fourth-order valence-electron chi connectivity index (χ4n) is 3.07. The number of halogens is 1. The van der Waals surface area contributed by atoms with Gasteiger partial charge in [0, 0.05) is 22.8 Å². The predicted octanol–water partition coefficient (Wildman–Crippen LogP) is 4.35. The lowest BCUT2D eigenvalue weighted by atomic mass is 10.0. The van der Waals surface area contributed by atoms with Crippen molar-refractivity contribution in [1.29, 1.82) is 5.26 Å². The van der Waals surface area contributed by atoms with Crippen LogP contribution in [-0.2, 0) is 11.2 Å².